The number of nitrogens with one attached hydrogen (secondary N) is 4. The number of piperidine rings is 3. The van der Waals surface area contributed by atoms with E-state index in [1.165, 1.54) is 12.1 Å². The molecule has 2 bridgehead atoms. The molecule has 3 saturated heterocycles. The number of aromatic amines is 1. The maximum absolute atomic E-state index is 13.3. The minimum absolute atomic E-state index is 0.0690. The zero-order valence-corrected chi connectivity index (χ0v) is 36.5. The first-order valence-electron chi connectivity index (χ1n) is 22.3. The number of carbonyl (C=O) groups is 3. The number of alkyl carbamates (subject to hydrolysis) is 1. The van der Waals surface area contributed by atoms with Gasteiger partial charge < -0.3 is 45.4 Å². The fourth-order valence-electron chi connectivity index (χ4n) is 8.49. The van der Waals surface area contributed by atoms with Gasteiger partial charge in [0.2, 0.25) is 5.56 Å². The summed E-state index contributed by atoms with van der Waals surface area (Å²) in [5.41, 5.74) is 3.52. The van der Waals surface area contributed by atoms with Crippen LogP contribution < -0.4 is 26.2 Å². The summed E-state index contributed by atoms with van der Waals surface area (Å²) in [6.07, 6.45) is 2.36. The molecular weight excluding hydrogens is 815 g/mol. The highest BCUT2D eigenvalue weighted by Gasteiger charge is 2.37. The SMILES string of the molecule is CC(C)CC(NC(=O)c1ccc(COc2cccc([C@@H](NC(=O)O[C@H]3CN4CCC3CC4)c3ccccc3)c2)cc1)C(=O)OCCCCNC[C@H](O)c1ccc(O)c2[nH]c(=O)ccc12. The average Bonchev–Trinajstić information content (AvgIpc) is 3.30. The maximum Gasteiger partial charge on any atom is 0.408 e. The number of phenols is 1. The molecule has 3 fully saturated rings. The van der Waals surface area contributed by atoms with Gasteiger partial charge >= 0.3 is 12.1 Å². The number of phenolic OH excluding ortho intramolecular Hbond substituents is 1. The molecule has 0 radical (unpaired) electrons. The minimum atomic E-state index is -0.873. The van der Waals surface area contributed by atoms with Crippen molar-refractivity contribution in [2.45, 2.75) is 76.9 Å². The molecule has 14 heteroatoms. The number of ether oxygens (including phenoxy) is 3. The van der Waals surface area contributed by atoms with E-state index in [0.29, 0.717) is 54.0 Å². The van der Waals surface area contributed by atoms with E-state index >= 15 is 0 Å². The Morgan fingerprint density at radius 1 is 0.875 bits per heavy atom. The van der Waals surface area contributed by atoms with Crippen LogP contribution in [0.3, 0.4) is 0 Å². The van der Waals surface area contributed by atoms with Crippen LogP contribution in [0.25, 0.3) is 10.9 Å². The molecule has 4 atom stereocenters. The van der Waals surface area contributed by atoms with E-state index in [1.54, 1.807) is 24.3 Å². The summed E-state index contributed by atoms with van der Waals surface area (Å²) in [5, 5.41) is 30.6. The van der Waals surface area contributed by atoms with Gasteiger partial charge in [-0.25, -0.2) is 9.59 Å². The highest BCUT2D eigenvalue weighted by atomic mass is 16.6. The van der Waals surface area contributed by atoms with Crippen LogP contribution in [0.1, 0.15) is 90.7 Å². The number of fused-ring (bicyclic) bond motifs is 4. The molecule has 4 aromatic carbocycles. The summed E-state index contributed by atoms with van der Waals surface area (Å²) in [4.78, 5) is 56.4. The number of unbranched alkanes of at least 4 members (excludes halogenated alkanes) is 1. The number of H-pyrrole nitrogens is 1. The van der Waals surface area contributed by atoms with Crippen LogP contribution in [0.4, 0.5) is 4.79 Å². The van der Waals surface area contributed by atoms with Crippen LogP contribution >= 0.6 is 0 Å². The number of aliphatic hydroxyl groups is 1. The summed E-state index contributed by atoms with van der Waals surface area (Å²) in [5.74, 6) is 0.205. The van der Waals surface area contributed by atoms with Crippen molar-refractivity contribution in [3.63, 3.8) is 0 Å². The van der Waals surface area contributed by atoms with Gasteiger partial charge in [-0.1, -0.05) is 74.5 Å². The molecule has 1 unspecified atom stereocenters. The number of amides is 2. The van der Waals surface area contributed by atoms with Crippen molar-refractivity contribution < 1.29 is 38.8 Å². The second-order valence-corrected chi connectivity index (χ2v) is 17.2. The lowest BCUT2D eigenvalue weighted by atomic mass is 9.86. The van der Waals surface area contributed by atoms with Crippen molar-refractivity contribution in [1.82, 2.24) is 25.8 Å². The molecule has 8 rings (SSSR count). The monoisotopic (exact) mass is 873 g/mol. The van der Waals surface area contributed by atoms with Crippen molar-refractivity contribution in [3.8, 4) is 11.5 Å². The van der Waals surface area contributed by atoms with Gasteiger partial charge in [-0.2, -0.15) is 0 Å². The number of aliphatic hydroxyl groups excluding tert-OH is 1. The molecule has 3 aliphatic heterocycles. The maximum atomic E-state index is 13.3. The van der Waals surface area contributed by atoms with Gasteiger partial charge in [0, 0.05) is 30.1 Å². The lowest BCUT2D eigenvalue weighted by Gasteiger charge is -2.43. The molecule has 2 amide bonds. The molecule has 6 N–H and O–H groups in total. The summed E-state index contributed by atoms with van der Waals surface area (Å²) in [7, 11) is 0. The lowest BCUT2D eigenvalue weighted by molar-refractivity contribution is -0.146. The number of rotatable bonds is 20. The zero-order chi connectivity index (χ0) is 45.0. The quantitative estimate of drug-likeness (QED) is 0.0369. The largest absolute Gasteiger partial charge is 0.506 e. The molecular formula is C50H59N5O9. The molecule has 1 aromatic heterocycles. The van der Waals surface area contributed by atoms with Crippen LogP contribution in [0.15, 0.2) is 108 Å². The highest BCUT2D eigenvalue weighted by molar-refractivity contribution is 5.96. The van der Waals surface area contributed by atoms with Crippen LogP contribution in [0, 0.1) is 11.8 Å². The Morgan fingerprint density at radius 2 is 1.64 bits per heavy atom. The number of aromatic hydroxyl groups is 1. The predicted octanol–water partition coefficient (Wildman–Crippen LogP) is 6.51. The topological polar surface area (TPSA) is 192 Å². The fraction of sp³-hybridized carbons (Fsp3) is 0.400. The Labute approximate surface area is 373 Å². The third-order valence-electron chi connectivity index (χ3n) is 12.0. The van der Waals surface area contributed by atoms with E-state index in [9.17, 15) is 29.4 Å². The Morgan fingerprint density at radius 3 is 2.38 bits per heavy atom. The van der Waals surface area contributed by atoms with Crippen LogP contribution in [0.2, 0.25) is 0 Å². The third kappa shape index (κ3) is 12.3. The Bertz CT molecular complexity index is 2400. The molecule has 0 spiro atoms. The van der Waals surface area contributed by atoms with Crippen molar-refractivity contribution >= 4 is 28.9 Å². The lowest BCUT2D eigenvalue weighted by Crippen LogP contribution is -2.52. The molecule has 0 aliphatic carbocycles. The van der Waals surface area contributed by atoms with Crippen molar-refractivity contribution in [1.29, 1.82) is 0 Å². The van der Waals surface area contributed by atoms with E-state index in [-0.39, 0.29) is 54.5 Å². The van der Waals surface area contributed by atoms with Crippen molar-refractivity contribution in [3.05, 3.63) is 141 Å². The molecule has 3 aliphatic rings. The van der Waals surface area contributed by atoms with E-state index in [2.05, 4.69) is 25.8 Å². The third-order valence-corrected chi connectivity index (χ3v) is 12.0. The minimum Gasteiger partial charge on any atom is -0.506 e. The number of hydrogen-bond acceptors (Lipinski definition) is 11. The number of aromatic nitrogens is 1. The molecule has 4 heterocycles. The van der Waals surface area contributed by atoms with E-state index < -0.39 is 30.3 Å². The van der Waals surface area contributed by atoms with Crippen LogP contribution in [-0.2, 0) is 20.9 Å². The van der Waals surface area contributed by atoms with E-state index in [0.717, 1.165) is 49.2 Å². The first-order chi connectivity index (χ1) is 31.0. The molecule has 0 saturated carbocycles. The van der Waals surface area contributed by atoms with Gasteiger partial charge in [-0.15, -0.1) is 0 Å². The number of hydrogen-bond donors (Lipinski definition) is 6. The summed E-state index contributed by atoms with van der Waals surface area (Å²) in [6.45, 7) is 8.09. The summed E-state index contributed by atoms with van der Waals surface area (Å²) in [6, 6.07) is 29.2. The molecule has 64 heavy (non-hydrogen) atoms. The molecule has 5 aromatic rings. The van der Waals surface area contributed by atoms with Gasteiger partial charge in [0.05, 0.1) is 24.3 Å². The number of nitrogens with zero attached hydrogens (tertiary/aromatic N) is 1. The highest BCUT2D eigenvalue weighted by Crippen LogP contribution is 2.31. The normalized spacial score (nSPS) is 18.2. The van der Waals surface area contributed by atoms with Gasteiger partial charge in [-0.05, 0) is 122 Å². The first kappa shape index (κ1) is 45.8. The van der Waals surface area contributed by atoms with E-state index in [4.69, 9.17) is 14.2 Å². The Hall–Kier alpha value is -6.22. The average molecular weight is 874 g/mol. The standard InChI is InChI=1S/C50H59N5O9/c1-32(2)27-41(49(60)62-26-7-6-23-51-29-43(57)39-17-19-42(56)47-40(39)18-20-45(58)53-47)52-48(59)36-15-13-33(14-16-36)31-63-38-12-8-11-37(28-38)46(35-9-4-3-5-10-35)54-50(61)64-44-30-55-24-21-34(44)22-25-55/h3-5,8-20,28,32,34,41,43-44,46,51,56-57H,6-7,21-27,29-31H2,1-2H3,(H,52,59)(H,53,58)(H,54,61)/t41?,43-,44-,46-/m0/s1. The predicted molar refractivity (Wildman–Crippen MR) is 243 cm³/mol. The van der Waals surface area contributed by atoms with Crippen molar-refractivity contribution in [2.75, 3.05) is 39.3 Å². The first-order valence-corrected chi connectivity index (χ1v) is 22.3. The number of carbonyl (C=O) groups excluding carboxylic acids is 3. The van der Waals surface area contributed by atoms with Crippen LogP contribution in [0.5, 0.6) is 11.5 Å². The number of esters is 1. The van der Waals surface area contributed by atoms with Gasteiger partial charge in [0.25, 0.3) is 5.91 Å². The summed E-state index contributed by atoms with van der Waals surface area (Å²) >= 11 is 0. The zero-order valence-electron chi connectivity index (χ0n) is 36.5. The van der Waals surface area contributed by atoms with E-state index in [1.807, 2.05) is 80.6 Å². The summed E-state index contributed by atoms with van der Waals surface area (Å²) < 4.78 is 17.7. The molecule has 14 nitrogen and oxygen atoms in total. The van der Waals surface area contributed by atoms with Crippen molar-refractivity contribution in [2.24, 2.45) is 11.8 Å². The second-order valence-electron chi connectivity index (χ2n) is 17.2. The van der Waals surface area contributed by atoms with Gasteiger partial charge in [-0.3, -0.25) is 14.5 Å². The Kier molecular flexibility index (Phi) is 15.7. The number of pyridine rings is 1. The van der Waals surface area contributed by atoms with Crippen LogP contribution in [-0.4, -0.2) is 89.5 Å². The molecule has 338 valence electrons. The fourth-order valence-corrected chi connectivity index (χ4v) is 8.49. The Balaban J connectivity index is 0.858. The van der Waals surface area contributed by atoms with Gasteiger partial charge in [0.1, 0.15) is 30.3 Å². The van der Waals surface area contributed by atoms with Gasteiger partial charge in [0.15, 0.2) is 0 Å². The second kappa shape index (κ2) is 21.9. The number of benzene rings is 4. The smallest absolute Gasteiger partial charge is 0.408 e.